The van der Waals surface area contributed by atoms with Crippen LogP contribution in [0.4, 0.5) is 4.79 Å². The van der Waals surface area contributed by atoms with E-state index in [9.17, 15) is 4.79 Å². The van der Waals surface area contributed by atoms with Crippen molar-refractivity contribution in [3.63, 3.8) is 0 Å². The van der Waals surface area contributed by atoms with Crippen molar-refractivity contribution in [3.05, 3.63) is 0 Å². The summed E-state index contributed by atoms with van der Waals surface area (Å²) < 4.78 is 0. The third-order valence-electron chi connectivity index (χ3n) is 3.21. The average molecular weight is 212 g/mol. The second kappa shape index (κ2) is 6.70. The van der Waals surface area contributed by atoms with Crippen molar-refractivity contribution in [3.8, 4) is 0 Å². The number of nitrogens with one attached hydrogen (secondary N) is 1. The minimum atomic E-state index is 0.144. The Morgan fingerprint density at radius 2 is 1.67 bits per heavy atom. The first-order chi connectivity index (χ1) is 7.27. The van der Waals surface area contributed by atoms with Crippen molar-refractivity contribution in [2.45, 2.75) is 58.4 Å². The predicted molar refractivity (Wildman–Crippen MR) is 62.9 cm³/mol. The van der Waals surface area contributed by atoms with Crippen LogP contribution in [0.3, 0.4) is 0 Å². The molecule has 1 fully saturated rings. The van der Waals surface area contributed by atoms with E-state index in [4.69, 9.17) is 0 Å². The van der Waals surface area contributed by atoms with Gasteiger partial charge in [-0.05, 0) is 25.7 Å². The fourth-order valence-corrected chi connectivity index (χ4v) is 2.03. The van der Waals surface area contributed by atoms with Crippen LogP contribution in [-0.2, 0) is 0 Å². The van der Waals surface area contributed by atoms with Gasteiger partial charge in [0.2, 0.25) is 0 Å². The zero-order valence-corrected chi connectivity index (χ0v) is 10.1. The van der Waals surface area contributed by atoms with Crippen molar-refractivity contribution in [2.24, 2.45) is 0 Å². The Morgan fingerprint density at radius 3 is 2.13 bits per heavy atom. The van der Waals surface area contributed by atoms with E-state index in [1.165, 1.54) is 12.8 Å². The Labute approximate surface area is 93.2 Å². The van der Waals surface area contributed by atoms with Crippen LogP contribution in [0.2, 0.25) is 0 Å². The number of urea groups is 1. The molecular formula is C12H24N2O. The Hall–Kier alpha value is -0.730. The summed E-state index contributed by atoms with van der Waals surface area (Å²) in [5.41, 5.74) is 0. The molecule has 0 spiro atoms. The first-order valence-electron chi connectivity index (χ1n) is 6.33. The number of carbonyl (C=O) groups is 1. The maximum atomic E-state index is 11.9. The highest BCUT2D eigenvalue weighted by molar-refractivity contribution is 5.74. The van der Waals surface area contributed by atoms with Gasteiger partial charge in [-0.25, -0.2) is 4.79 Å². The van der Waals surface area contributed by atoms with Gasteiger partial charge < -0.3 is 10.2 Å². The van der Waals surface area contributed by atoms with E-state index in [1.54, 1.807) is 0 Å². The number of likely N-dealkylation sites (tertiary alicyclic amines) is 1. The van der Waals surface area contributed by atoms with E-state index in [1.807, 2.05) is 4.90 Å². The first kappa shape index (κ1) is 12.3. The molecule has 0 saturated carbocycles. The summed E-state index contributed by atoms with van der Waals surface area (Å²) in [6, 6.07) is 0.492. The van der Waals surface area contributed by atoms with E-state index < -0.39 is 0 Å². The molecule has 0 aromatic heterocycles. The normalized spacial score (nSPS) is 17.7. The lowest BCUT2D eigenvalue weighted by atomic mass is 10.2. The zero-order chi connectivity index (χ0) is 11.1. The molecule has 1 saturated heterocycles. The van der Waals surface area contributed by atoms with Gasteiger partial charge in [-0.3, -0.25) is 0 Å². The Kier molecular flexibility index (Phi) is 5.51. The van der Waals surface area contributed by atoms with Crippen LogP contribution in [0.15, 0.2) is 0 Å². The predicted octanol–water partition coefficient (Wildman–Crippen LogP) is 2.76. The largest absolute Gasteiger partial charge is 0.335 e. The molecule has 0 aliphatic carbocycles. The number of hydrogen-bond acceptors (Lipinski definition) is 1. The van der Waals surface area contributed by atoms with Crippen LogP contribution in [0.5, 0.6) is 0 Å². The van der Waals surface area contributed by atoms with Crippen molar-refractivity contribution in [2.75, 3.05) is 13.1 Å². The molecule has 1 aliphatic rings. The van der Waals surface area contributed by atoms with Crippen LogP contribution < -0.4 is 5.32 Å². The molecule has 1 rings (SSSR count). The van der Waals surface area contributed by atoms with Crippen molar-refractivity contribution >= 4 is 6.03 Å². The molecule has 1 aliphatic heterocycles. The standard InChI is InChI=1S/C12H24N2O/c1-3-11(4-2)13-12(15)14-9-7-5-6-8-10-14/h11H,3-10H2,1-2H3,(H,13,15). The zero-order valence-electron chi connectivity index (χ0n) is 10.1. The van der Waals surface area contributed by atoms with Crippen LogP contribution in [0.1, 0.15) is 52.4 Å². The summed E-state index contributed by atoms with van der Waals surface area (Å²) in [6.45, 7) is 6.12. The molecular weight excluding hydrogens is 188 g/mol. The molecule has 2 amide bonds. The second-order valence-electron chi connectivity index (χ2n) is 4.36. The fraction of sp³-hybridized carbons (Fsp3) is 0.917. The van der Waals surface area contributed by atoms with Gasteiger partial charge in [-0.2, -0.15) is 0 Å². The van der Waals surface area contributed by atoms with Gasteiger partial charge >= 0.3 is 6.03 Å². The van der Waals surface area contributed by atoms with Crippen molar-refractivity contribution in [1.82, 2.24) is 10.2 Å². The van der Waals surface area contributed by atoms with Crippen molar-refractivity contribution < 1.29 is 4.79 Å². The van der Waals surface area contributed by atoms with Gasteiger partial charge in [0.1, 0.15) is 0 Å². The molecule has 0 atom stereocenters. The Balaban J connectivity index is 2.36. The SMILES string of the molecule is CCC(CC)NC(=O)N1CCCCCC1. The highest BCUT2D eigenvalue weighted by atomic mass is 16.2. The van der Waals surface area contributed by atoms with Crippen LogP contribution >= 0.6 is 0 Å². The highest BCUT2D eigenvalue weighted by Gasteiger charge is 2.17. The van der Waals surface area contributed by atoms with Gasteiger partial charge in [0.05, 0.1) is 0 Å². The molecule has 88 valence electrons. The number of carbonyl (C=O) groups excluding carboxylic acids is 1. The lowest BCUT2D eigenvalue weighted by Gasteiger charge is -2.24. The minimum absolute atomic E-state index is 0.144. The monoisotopic (exact) mass is 212 g/mol. The van der Waals surface area contributed by atoms with E-state index in [-0.39, 0.29) is 6.03 Å². The molecule has 3 nitrogen and oxygen atoms in total. The second-order valence-corrected chi connectivity index (χ2v) is 4.36. The number of amides is 2. The molecule has 3 heteroatoms. The molecule has 1 heterocycles. The minimum Gasteiger partial charge on any atom is -0.335 e. The molecule has 0 aromatic carbocycles. The van der Waals surface area contributed by atoms with Crippen LogP contribution in [0, 0.1) is 0 Å². The van der Waals surface area contributed by atoms with Gasteiger partial charge in [0.25, 0.3) is 0 Å². The topological polar surface area (TPSA) is 32.3 Å². The number of nitrogens with zero attached hydrogens (tertiary/aromatic N) is 1. The van der Waals surface area contributed by atoms with Gasteiger partial charge in [-0.1, -0.05) is 26.7 Å². The van der Waals surface area contributed by atoms with Crippen LogP contribution in [-0.4, -0.2) is 30.1 Å². The van der Waals surface area contributed by atoms with Crippen LogP contribution in [0.25, 0.3) is 0 Å². The summed E-state index contributed by atoms with van der Waals surface area (Å²) in [4.78, 5) is 13.9. The average Bonchev–Trinajstić information content (AvgIpc) is 2.54. The summed E-state index contributed by atoms with van der Waals surface area (Å²) in [5, 5.41) is 3.10. The highest BCUT2D eigenvalue weighted by Crippen LogP contribution is 2.10. The Bertz CT molecular complexity index is 182. The molecule has 15 heavy (non-hydrogen) atoms. The van der Waals surface area contributed by atoms with Gasteiger partial charge in [0, 0.05) is 19.1 Å². The first-order valence-corrected chi connectivity index (χ1v) is 6.33. The van der Waals surface area contributed by atoms with E-state index in [2.05, 4.69) is 19.2 Å². The summed E-state index contributed by atoms with van der Waals surface area (Å²) in [6.07, 6.45) is 6.92. The third-order valence-corrected chi connectivity index (χ3v) is 3.21. The van der Waals surface area contributed by atoms with E-state index >= 15 is 0 Å². The lowest BCUT2D eigenvalue weighted by Crippen LogP contribution is -2.44. The molecule has 0 unspecified atom stereocenters. The molecule has 0 aromatic rings. The molecule has 0 bridgehead atoms. The lowest BCUT2D eigenvalue weighted by molar-refractivity contribution is 0.195. The fourth-order valence-electron chi connectivity index (χ4n) is 2.03. The third kappa shape index (κ3) is 4.10. The van der Waals surface area contributed by atoms with Gasteiger partial charge in [0.15, 0.2) is 0 Å². The number of rotatable bonds is 3. The molecule has 1 N–H and O–H groups in total. The summed E-state index contributed by atoms with van der Waals surface area (Å²) in [5.74, 6) is 0. The van der Waals surface area contributed by atoms with E-state index in [0.717, 1.165) is 38.8 Å². The summed E-state index contributed by atoms with van der Waals surface area (Å²) in [7, 11) is 0. The van der Waals surface area contributed by atoms with Gasteiger partial charge in [-0.15, -0.1) is 0 Å². The summed E-state index contributed by atoms with van der Waals surface area (Å²) >= 11 is 0. The number of hydrogen-bond donors (Lipinski definition) is 1. The van der Waals surface area contributed by atoms with Crippen molar-refractivity contribution in [1.29, 1.82) is 0 Å². The maximum Gasteiger partial charge on any atom is 0.317 e. The maximum absolute atomic E-state index is 11.9. The molecule has 0 radical (unpaired) electrons. The smallest absolute Gasteiger partial charge is 0.317 e. The Morgan fingerprint density at radius 1 is 1.13 bits per heavy atom. The quantitative estimate of drug-likeness (QED) is 0.766. The van der Waals surface area contributed by atoms with E-state index in [0.29, 0.717) is 6.04 Å².